The maximum Gasteiger partial charge on any atom is 0.121 e. The van der Waals surface area contributed by atoms with Crippen molar-refractivity contribution in [2.24, 2.45) is 5.73 Å². The predicted molar refractivity (Wildman–Crippen MR) is 65.2 cm³/mol. The number of benzene rings is 1. The zero-order valence-electron chi connectivity index (χ0n) is 9.67. The van der Waals surface area contributed by atoms with Crippen LogP contribution in [-0.4, -0.2) is 43.1 Å². The molecule has 1 aliphatic rings. The Balaban J connectivity index is 2.23. The Kier molecular flexibility index (Phi) is 3.83. The van der Waals surface area contributed by atoms with Crippen LogP contribution in [-0.2, 0) is 4.74 Å². The average molecular weight is 238 g/mol. The van der Waals surface area contributed by atoms with Gasteiger partial charge in [-0.25, -0.2) is 0 Å². The lowest BCUT2D eigenvalue weighted by molar-refractivity contribution is 0.122. The third-order valence-electron chi connectivity index (χ3n) is 2.97. The molecule has 0 spiro atoms. The Morgan fingerprint density at radius 1 is 1.35 bits per heavy atom. The number of nitrogens with two attached hydrogens (primary N) is 1. The quantitative estimate of drug-likeness (QED) is 0.702. The Morgan fingerprint density at radius 2 is 2.06 bits per heavy atom. The molecule has 1 saturated heterocycles. The summed E-state index contributed by atoms with van der Waals surface area (Å²) in [6.45, 7) is 3.15. The number of rotatable bonds is 3. The molecule has 5 nitrogen and oxygen atoms in total. The van der Waals surface area contributed by atoms with Gasteiger partial charge < -0.3 is 25.6 Å². The summed E-state index contributed by atoms with van der Waals surface area (Å²) in [4.78, 5) is 2.16. The predicted octanol–water partition coefficient (Wildman–Crippen LogP) is 0.221. The van der Waals surface area contributed by atoms with Crippen LogP contribution in [0.2, 0.25) is 0 Å². The fourth-order valence-electron chi connectivity index (χ4n) is 1.95. The van der Waals surface area contributed by atoms with Gasteiger partial charge in [-0.05, 0) is 18.2 Å². The summed E-state index contributed by atoms with van der Waals surface area (Å²) in [5, 5.41) is 19.4. The Bertz CT molecular complexity index is 378. The number of hydrogen-bond acceptors (Lipinski definition) is 5. The van der Waals surface area contributed by atoms with E-state index in [0.29, 0.717) is 18.8 Å². The van der Waals surface area contributed by atoms with Gasteiger partial charge in [0.15, 0.2) is 0 Å². The molecule has 1 heterocycles. The van der Waals surface area contributed by atoms with Crippen LogP contribution in [0, 0.1) is 0 Å². The van der Waals surface area contributed by atoms with Gasteiger partial charge in [-0.15, -0.1) is 0 Å². The van der Waals surface area contributed by atoms with Gasteiger partial charge in [0.1, 0.15) is 5.75 Å². The smallest absolute Gasteiger partial charge is 0.121 e. The minimum absolute atomic E-state index is 0.0833. The first-order valence-corrected chi connectivity index (χ1v) is 5.76. The van der Waals surface area contributed by atoms with Gasteiger partial charge in [-0.2, -0.15) is 0 Å². The van der Waals surface area contributed by atoms with E-state index in [1.54, 1.807) is 12.1 Å². The Labute approximate surface area is 100 Å². The highest BCUT2D eigenvalue weighted by molar-refractivity contribution is 5.53. The van der Waals surface area contributed by atoms with E-state index in [0.717, 1.165) is 18.8 Å². The second kappa shape index (κ2) is 5.35. The van der Waals surface area contributed by atoms with E-state index in [1.165, 1.54) is 0 Å². The van der Waals surface area contributed by atoms with Gasteiger partial charge >= 0.3 is 0 Å². The number of ether oxygens (including phenoxy) is 1. The fraction of sp³-hybridized carbons (Fsp3) is 0.500. The highest BCUT2D eigenvalue weighted by Gasteiger charge is 2.16. The maximum absolute atomic E-state index is 9.70. The molecule has 17 heavy (non-hydrogen) atoms. The van der Waals surface area contributed by atoms with Crippen molar-refractivity contribution in [3.8, 4) is 5.75 Å². The van der Waals surface area contributed by atoms with Gasteiger partial charge in [0, 0.05) is 30.9 Å². The first-order valence-electron chi connectivity index (χ1n) is 5.76. The SMILES string of the molecule is NCC(O)c1cc(N2CCOCC2)ccc1O. The number of phenolic OH excluding ortho intramolecular Hbond substituents is 1. The van der Waals surface area contributed by atoms with Crippen LogP contribution >= 0.6 is 0 Å². The van der Waals surface area contributed by atoms with Crippen molar-refractivity contribution in [3.05, 3.63) is 23.8 Å². The number of nitrogens with zero attached hydrogens (tertiary/aromatic N) is 1. The molecule has 0 aliphatic carbocycles. The minimum Gasteiger partial charge on any atom is -0.508 e. The van der Waals surface area contributed by atoms with Crippen LogP contribution in [0.4, 0.5) is 5.69 Å². The van der Waals surface area contributed by atoms with E-state index in [9.17, 15) is 10.2 Å². The lowest BCUT2D eigenvalue weighted by atomic mass is 10.1. The van der Waals surface area contributed by atoms with Gasteiger partial charge in [0.2, 0.25) is 0 Å². The molecular formula is C12H18N2O3. The van der Waals surface area contributed by atoms with Gasteiger partial charge in [-0.3, -0.25) is 0 Å². The molecule has 1 fully saturated rings. The van der Waals surface area contributed by atoms with Gasteiger partial charge in [0.05, 0.1) is 19.3 Å². The van der Waals surface area contributed by atoms with Gasteiger partial charge in [-0.1, -0.05) is 0 Å². The molecule has 0 bridgehead atoms. The van der Waals surface area contributed by atoms with E-state index in [1.807, 2.05) is 6.07 Å². The van der Waals surface area contributed by atoms with E-state index in [2.05, 4.69) is 4.90 Å². The summed E-state index contributed by atoms with van der Waals surface area (Å²) >= 11 is 0. The summed E-state index contributed by atoms with van der Waals surface area (Å²) in [6.07, 6.45) is -0.823. The molecular weight excluding hydrogens is 220 g/mol. The summed E-state index contributed by atoms with van der Waals surface area (Å²) in [5.74, 6) is 0.0833. The summed E-state index contributed by atoms with van der Waals surface area (Å²) in [6, 6.07) is 5.23. The summed E-state index contributed by atoms with van der Waals surface area (Å²) < 4.78 is 5.28. The lowest BCUT2D eigenvalue weighted by Crippen LogP contribution is -2.36. The highest BCUT2D eigenvalue weighted by atomic mass is 16.5. The monoisotopic (exact) mass is 238 g/mol. The third-order valence-corrected chi connectivity index (χ3v) is 2.97. The molecule has 94 valence electrons. The van der Waals surface area contributed by atoms with Crippen LogP contribution < -0.4 is 10.6 Å². The largest absolute Gasteiger partial charge is 0.508 e. The molecule has 1 aliphatic heterocycles. The van der Waals surface area contributed by atoms with Crippen molar-refractivity contribution in [1.29, 1.82) is 0 Å². The number of morpholine rings is 1. The number of phenols is 1. The summed E-state index contributed by atoms with van der Waals surface area (Å²) in [5.41, 5.74) is 6.87. The molecule has 0 amide bonds. The van der Waals surface area contributed by atoms with Crippen molar-refractivity contribution in [3.63, 3.8) is 0 Å². The molecule has 1 atom stereocenters. The topological polar surface area (TPSA) is 79.0 Å². The summed E-state index contributed by atoms with van der Waals surface area (Å²) in [7, 11) is 0. The second-order valence-corrected chi connectivity index (χ2v) is 4.09. The van der Waals surface area contributed by atoms with E-state index < -0.39 is 6.10 Å². The van der Waals surface area contributed by atoms with Crippen molar-refractivity contribution < 1.29 is 14.9 Å². The molecule has 1 aromatic rings. The maximum atomic E-state index is 9.70. The zero-order valence-corrected chi connectivity index (χ0v) is 9.67. The Hall–Kier alpha value is -1.30. The first kappa shape index (κ1) is 12.2. The van der Waals surface area contributed by atoms with Crippen LogP contribution in [0.1, 0.15) is 11.7 Å². The van der Waals surface area contributed by atoms with Crippen molar-refractivity contribution in [2.75, 3.05) is 37.7 Å². The first-order chi connectivity index (χ1) is 8.22. The van der Waals surface area contributed by atoms with Crippen LogP contribution in [0.3, 0.4) is 0 Å². The second-order valence-electron chi connectivity index (χ2n) is 4.09. The number of aromatic hydroxyl groups is 1. The number of anilines is 1. The number of aliphatic hydroxyl groups excluding tert-OH is 1. The van der Waals surface area contributed by atoms with Crippen LogP contribution in [0.15, 0.2) is 18.2 Å². The van der Waals surface area contributed by atoms with E-state index >= 15 is 0 Å². The Morgan fingerprint density at radius 3 is 2.71 bits per heavy atom. The lowest BCUT2D eigenvalue weighted by Gasteiger charge is -2.29. The van der Waals surface area contributed by atoms with Crippen molar-refractivity contribution in [2.45, 2.75) is 6.10 Å². The van der Waals surface area contributed by atoms with Crippen molar-refractivity contribution in [1.82, 2.24) is 0 Å². The van der Waals surface area contributed by atoms with Crippen LogP contribution in [0.5, 0.6) is 5.75 Å². The van der Waals surface area contributed by atoms with Crippen molar-refractivity contribution >= 4 is 5.69 Å². The molecule has 1 unspecified atom stereocenters. The molecule has 0 saturated carbocycles. The zero-order chi connectivity index (χ0) is 12.3. The van der Waals surface area contributed by atoms with E-state index in [-0.39, 0.29) is 12.3 Å². The molecule has 0 aromatic heterocycles. The number of aliphatic hydroxyl groups is 1. The van der Waals surface area contributed by atoms with Crippen LogP contribution in [0.25, 0.3) is 0 Å². The molecule has 4 N–H and O–H groups in total. The normalized spacial score (nSPS) is 18.1. The average Bonchev–Trinajstić information content (AvgIpc) is 2.39. The highest BCUT2D eigenvalue weighted by Crippen LogP contribution is 2.29. The standard InChI is InChI=1S/C12H18N2O3/c13-8-12(16)10-7-9(1-2-11(10)15)14-3-5-17-6-4-14/h1-2,7,12,15-16H,3-6,8,13H2. The molecule has 2 rings (SSSR count). The van der Waals surface area contributed by atoms with E-state index in [4.69, 9.17) is 10.5 Å². The minimum atomic E-state index is -0.823. The van der Waals surface area contributed by atoms with Gasteiger partial charge in [0.25, 0.3) is 0 Å². The molecule has 5 heteroatoms. The molecule has 1 aromatic carbocycles. The fourth-order valence-corrected chi connectivity index (χ4v) is 1.95. The molecule has 0 radical (unpaired) electrons. The third kappa shape index (κ3) is 2.69. The number of hydrogen-bond donors (Lipinski definition) is 3.